The molecule has 1 atom stereocenters. The molecule has 2 fully saturated rings. The van der Waals surface area contributed by atoms with E-state index in [2.05, 4.69) is 16.3 Å². The Balaban J connectivity index is 1.91. The summed E-state index contributed by atoms with van der Waals surface area (Å²) in [5.41, 5.74) is 2.08. The molecule has 1 saturated carbocycles. The first-order chi connectivity index (χ1) is 10.3. The average molecular weight is 290 g/mol. The summed E-state index contributed by atoms with van der Waals surface area (Å²) in [6.45, 7) is 6.21. The third-order valence-corrected chi connectivity index (χ3v) is 5.27. The van der Waals surface area contributed by atoms with Crippen molar-refractivity contribution in [1.82, 2.24) is 10.2 Å². The van der Waals surface area contributed by atoms with Gasteiger partial charge in [-0.05, 0) is 42.9 Å². The van der Waals surface area contributed by atoms with Crippen LogP contribution in [0.3, 0.4) is 0 Å². The summed E-state index contributed by atoms with van der Waals surface area (Å²) >= 11 is 0. The van der Waals surface area contributed by atoms with Gasteiger partial charge in [-0.1, -0.05) is 31.4 Å². The topological polar surface area (TPSA) is 15.3 Å². The van der Waals surface area contributed by atoms with Crippen molar-refractivity contribution < 1.29 is 4.39 Å². The predicted octanol–water partition coefficient (Wildman–Crippen LogP) is 3.66. The minimum Gasteiger partial charge on any atom is -0.314 e. The highest BCUT2D eigenvalue weighted by Crippen LogP contribution is 2.39. The molecule has 3 rings (SSSR count). The Morgan fingerprint density at radius 1 is 1.14 bits per heavy atom. The van der Waals surface area contributed by atoms with Crippen molar-refractivity contribution in [2.75, 3.05) is 26.2 Å². The van der Waals surface area contributed by atoms with Gasteiger partial charge in [-0.15, -0.1) is 0 Å². The largest absolute Gasteiger partial charge is 0.314 e. The zero-order chi connectivity index (χ0) is 14.7. The monoisotopic (exact) mass is 290 g/mol. The molecule has 1 N–H and O–H groups in total. The van der Waals surface area contributed by atoms with E-state index in [-0.39, 0.29) is 5.82 Å². The summed E-state index contributed by atoms with van der Waals surface area (Å²) in [4.78, 5) is 2.59. The van der Waals surface area contributed by atoms with Crippen molar-refractivity contribution in [3.8, 4) is 0 Å². The van der Waals surface area contributed by atoms with Gasteiger partial charge in [0.05, 0.1) is 0 Å². The summed E-state index contributed by atoms with van der Waals surface area (Å²) in [5, 5.41) is 3.43. The molecule has 0 unspecified atom stereocenters. The van der Waals surface area contributed by atoms with Gasteiger partial charge in [0, 0.05) is 32.2 Å². The zero-order valence-corrected chi connectivity index (χ0v) is 13.1. The van der Waals surface area contributed by atoms with Gasteiger partial charge in [0.2, 0.25) is 0 Å². The minimum atomic E-state index is -0.0524. The van der Waals surface area contributed by atoms with Crippen LogP contribution in [-0.4, -0.2) is 31.1 Å². The van der Waals surface area contributed by atoms with Gasteiger partial charge in [0.15, 0.2) is 0 Å². The van der Waals surface area contributed by atoms with E-state index in [4.69, 9.17) is 0 Å². The summed E-state index contributed by atoms with van der Waals surface area (Å²) in [6.07, 6.45) is 6.63. The number of halogens is 1. The van der Waals surface area contributed by atoms with Gasteiger partial charge in [-0.25, -0.2) is 4.39 Å². The Morgan fingerprint density at radius 2 is 1.86 bits per heavy atom. The second-order valence-corrected chi connectivity index (χ2v) is 6.58. The molecule has 1 aliphatic heterocycles. The fourth-order valence-electron chi connectivity index (χ4n) is 4.10. The van der Waals surface area contributed by atoms with Crippen LogP contribution in [0.5, 0.6) is 0 Å². The molecule has 3 heteroatoms. The van der Waals surface area contributed by atoms with Crippen molar-refractivity contribution in [3.05, 3.63) is 35.1 Å². The lowest BCUT2D eigenvalue weighted by Crippen LogP contribution is -2.47. The lowest BCUT2D eigenvalue weighted by atomic mass is 9.79. The van der Waals surface area contributed by atoms with E-state index in [1.54, 1.807) is 6.07 Å². The zero-order valence-electron chi connectivity index (χ0n) is 13.1. The quantitative estimate of drug-likeness (QED) is 0.914. The van der Waals surface area contributed by atoms with Crippen molar-refractivity contribution in [2.24, 2.45) is 5.92 Å². The number of nitrogens with zero attached hydrogens (tertiary/aromatic N) is 1. The summed E-state index contributed by atoms with van der Waals surface area (Å²) in [6, 6.07) is 6.03. The molecule has 1 saturated heterocycles. The highest BCUT2D eigenvalue weighted by molar-refractivity contribution is 5.31. The molecule has 0 radical (unpaired) electrons. The van der Waals surface area contributed by atoms with Gasteiger partial charge in [-0.2, -0.15) is 0 Å². The smallest absolute Gasteiger partial charge is 0.126 e. The highest BCUT2D eigenvalue weighted by atomic mass is 19.1. The fourth-order valence-corrected chi connectivity index (χ4v) is 4.10. The first kappa shape index (κ1) is 15.0. The molecule has 2 aliphatic rings. The van der Waals surface area contributed by atoms with E-state index in [0.717, 1.165) is 31.7 Å². The van der Waals surface area contributed by atoms with Crippen LogP contribution in [-0.2, 0) is 0 Å². The lowest BCUT2D eigenvalue weighted by molar-refractivity contribution is 0.103. The SMILES string of the molecule is Cc1c(F)cccc1[C@H](C1CCCCC1)N1CCNCC1. The van der Waals surface area contributed by atoms with Gasteiger partial charge in [0.1, 0.15) is 5.82 Å². The van der Waals surface area contributed by atoms with Crippen molar-refractivity contribution >= 4 is 0 Å². The molecule has 1 heterocycles. The summed E-state index contributed by atoms with van der Waals surface area (Å²) < 4.78 is 14.0. The normalized spacial score (nSPS) is 23.1. The van der Waals surface area contributed by atoms with E-state index >= 15 is 0 Å². The maximum atomic E-state index is 14.0. The average Bonchev–Trinajstić information content (AvgIpc) is 2.54. The first-order valence-corrected chi connectivity index (χ1v) is 8.47. The third kappa shape index (κ3) is 3.29. The number of hydrogen-bond donors (Lipinski definition) is 1. The van der Waals surface area contributed by atoms with E-state index in [1.807, 2.05) is 13.0 Å². The molecule has 0 aromatic heterocycles. The Hall–Kier alpha value is -0.930. The molecular formula is C18H27FN2. The number of nitrogens with one attached hydrogen (secondary N) is 1. The Bertz CT molecular complexity index is 444. The molecule has 1 aliphatic carbocycles. The molecule has 0 amide bonds. The van der Waals surface area contributed by atoms with E-state index in [1.165, 1.54) is 37.7 Å². The van der Waals surface area contributed by atoms with Gasteiger partial charge in [0.25, 0.3) is 0 Å². The molecule has 2 nitrogen and oxygen atoms in total. The van der Waals surface area contributed by atoms with Gasteiger partial charge >= 0.3 is 0 Å². The van der Waals surface area contributed by atoms with Crippen molar-refractivity contribution in [3.63, 3.8) is 0 Å². The van der Waals surface area contributed by atoms with E-state index in [9.17, 15) is 4.39 Å². The van der Waals surface area contributed by atoms with E-state index < -0.39 is 0 Å². The number of benzene rings is 1. The van der Waals surface area contributed by atoms with Crippen LogP contribution in [0.1, 0.15) is 49.3 Å². The third-order valence-electron chi connectivity index (χ3n) is 5.27. The molecule has 116 valence electrons. The standard InChI is InChI=1S/C18H27FN2/c1-14-16(8-5-9-17(14)19)18(15-6-3-2-4-7-15)21-12-10-20-11-13-21/h5,8-9,15,18,20H,2-4,6-7,10-13H2,1H3/t18-/m0/s1. The fraction of sp³-hybridized carbons (Fsp3) is 0.667. The molecule has 1 aromatic carbocycles. The Kier molecular flexibility index (Phi) is 4.91. The predicted molar refractivity (Wildman–Crippen MR) is 84.9 cm³/mol. The van der Waals surface area contributed by atoms with Crippen LogP contribution in [0, 0.1) is 18.7 Å². The number of hydrogen-bond acceptors (Lipinski definition) is 2. The second-order valence-electron chi connectivity index (χ2n) is 6.58. The van der Waals surface area contributed by atoms with Gasteiger partial charge in [-0.3, -0.25) is 4.90 Å². The minimum absolute atomic E-state index is 0.0524. The molecule has 21 heavy (non-hydrogen) atoms. The van der Waals surface area contributed by atoms with Crippen molar-refractivity contribution in [2.45, 2.75) is 45.1 Å². The first-order valence-electron chi connectivity index (χ1n) is 8.47. The summed E-state index contributed by atoms with van der Waals surface area (Å²) in [7, 11) is 0. The second kappa shape index (κ2) is 6.89. The maximum Gasteiger partial charge on any atom is 0.126 e. The molecule has 0 spiro atoms. The molecule has 0 bridgehead atoms. The van der Waals surface area contributed by atoms with Crippen LogP contribution in [0.4, 0.5) is 4.39 Å². The molecule has 1 aromatic rings. The van der Waals surface area contributed by atoms with Crippen LogP contribution in [0.2, 0.25) is 0 Å². The number of rotatable bonds is 3. The van der Waals surface area contributed by atoms with Crippen molar-refractivity contribution in [1.29, 1.82) is 0 Å². The Labute approximate surface area is 127 Å². The van der Waals surface area contributed by atoms with Crippen LogP contribution < -0.4 is 5.32 Å². The van der Waals surface area contributed by atoms with Crippen LogP contribution >= 0.6 is 0 Å². The van der Waals surface area contributed by atoms with E-state index in [0.29, 0.717) is 12.0 Å². The highest BCUT2D eigenvalue weighted by Gasteiger charge is 2.32. The van der Waals surface area contributed by atoms with Gasteiger partial charge < -0.3 is 5.32 Å². The lowest BCUT2D eigenvalue weighted by Gasteiger charge is -2.41. The number of piperazine rings is 1. The summed E-state index contributed by atoms with van der Waals surface area (Å²) in [5.74, 6) is 0.640. The molecular weight excluding hydrogens is 263 g/mol. The van der Waals surface area contributed by atoms with Crippen LogP contribution in [0.15, 0.2) is 18.2 Å². The van der Waals surface area contributed by atoms with Crippen LogP contribution in [0.25, 0.3) is 0 Å². The Morgan fingerprint density at radius 3 is 2.57 bits per heavy atom. The maximum absolute atomic E-state index is 14.0.